The molecular weight excluding hydrogens is 122 g/mol. The smallest absolute Gasteiger partial charge is 0.00408 e. The lowest BCUT2D eigenvalue weighted by atomic mass is 10.0. The molecule has 0 heterocycles. The van der Waals surface area contributed by atoms with Gasteiger partial charge in [0.05, 0.1) is 0 Å². The standard InChI is InChI=1S/C9H17N/c1-8-5-4-6-9(8)7-10(2)3/h9H,1,4-7H2,2-3H3. The van der Waals surface area contributed by atoms with Gasteiger partial charge in [-0.1, -0.05) is 12.2 Å². The Morgan fingerprint density at radius 2 is 2.30 bits per heavy atom. The molecule has 1 aliphatic rings. The van der Waals surface area contributed by atoms with E-state index >= 15 is 0 Å². The Hall–Kier alpha value is -0.300. The fourth-order valence-electron chi connectivity index (χ4n) is 1.64. The lowest BCUT2D eigenvalue weighted by Crippen LogP contribution is -2.20. The van der Waals surface area contributed by atoms with Crippen LogP contribution in [0.1, 0.15) is 19.3 Å². The van der Waals surface area contributed by atoms with Crippen molar-refractivity contribution in [2.75, 3.05) is 20.6 Å². The van der Waals surface area contributed by atoms with Crippen LogP contribution in [0.15, 0.2) is 12.2 Å². The van der Waals surface area contributed by atoms with Gasteiger partial charge in [0.1, 0.15) is 0 Å². The van der Waals surface area contributed by atoms with E-state index in [2.05, 4.69) is 25.6 Å². The van der Waals surface area contributed by atoms with Crippen molar-refractivity contribution in [2.45, 2.75) is 19.3 Å². The summed E-state index contributed by atoms with van der Waals surface area (Å²) in [6.07, 6.45) is 3.98. The van der Waals surface area contributed by atoms with E-state index in [0.717, 1.165) is 5.92 Å². The highest BCUT2D eigenvalue weighted by molar-refractivity contribution is 5.06. The molecule has 0 spiro atoms. The van der Waals surface area contributed by atoms with Gasteiger partial charge in [-0.25, -0.2) is 0 Å². The average Bonchev–Trinajstić information content (AvgIpc) is 2.15. The number of rotatable bonds is 2. The molecule has 0 bridgehead atoms. The Bertz CT molecular complexity index is 127. The van der Waals surface area contributed by atoms with Crippen LogP contribution in [0.4, 0.5) is 0 Å². The van der Waals surface area contributed by atoms with Crippen LogP contribution in [-0.4, -0.2) is 25.5 Å². The molecule has 0 aromatic heterocycles. The van der Waals surface area contributed by atoms with Crippen molar-refractivity contribution in [3.05, 3.63) is 12.2 Å². The van der Waals surface area contributed by atoms with Crippen LogP contribution >= 0.6 is 0 Å². The van der Waals surface area contributed by atoms with Gasteiger partial charge in [-0.05, 0) is 39.3 Å². The third kappa shape index (κ3) is 1.84. The molecule has 58 valence electrons. The van der Waals surface area contributed by atoms with Crippen molar-refractivity contribution < 1.29 is 0 Å². The molecule has 0 radical (unpaired) electrons. The van der Waals surface area contributed by atoms with Crippen molar-refractivity contribution in [2.24, 2.45) is 5.92 Å². The topological polar surface area (TPSA) is 3.24 Å². The van der Waals surface area contributed by atoms with E-state index in [0.29, 0.717) is 0 Å². The highest BCUT2D eigenvalue weighted by atomic mass is 15.1. The highest BCUT2D eigenvalue weighted by Crippen LogP contribution is 2.29. The largest absolute Gasteiger partial charge is 0.309 e. The van der Waals surface area contributed by atoms with Crippen LogP contribution in [-0.2, 0) is 0 Å². The van der Waals surface area contributed by atoms with Crippen molar-refractivity contribution in [3.8, 4) is 0 Å². The minimum Gasteiger partial charge on any atom is -0.309 e. The van der Waals surface area contributed by atoms with Crippen LogP contribution < -0.4 is 0 Å². The first-order valence-corrected chi connectivity index (χ1v) is 4.02. The Morgan fingerprint density at radius 1 is 1.60 bits per heavy atom. The zero-order valence-corrected chi connectivity index (χ0v) is 7.06. The van der Waals surface area contributed by atoms with Gasteiger partial charge in [-0.2, -0.15) is 0 Å². The quantitative estimate of drug-likeness (QED) is 0.528. The predicted molar refractivity (Wildman–Crippen MR) is 45.0 cm³/mol. The van der Waals surface area contributed by atoms with Crippen molar-refractivity contribution in [1.29, 1.82) is 0 Å². The fraction of sp³-hybridized carbons (Fsp3) is 0.778. The maximum absolute atomic E-state index is 4.06. The van der Waals surface area contributed by atoms with Crippen molar-refractivity contribution >= 4 is 0 Å². The van der Waals surface area contributed by atoms with Crippen LogP contribution in [0, 0.1) is 5.92 Å². The maximum Gasteiger partial charge on any atom is 0.00408 e. The molecule has 1 nitrogen and oxygen atoms in total. The van der Waals surface area contributed by atoms with E-state index in [-0.39, 0.29) is 0 Å². The molecule has 10 heavy (non-hydrogen) atoms. The third-order valence-corrected chi connectivity index (χ3v) is 2.21. The lowest BCUT2D eigenvalue weighted by Gasteiger charge is -2.16. The molecular formula is C9H17N. The van der Waals surface area contributed by atoms with Gasteiger partial charge in [-0.3, -0.25) is 0 Å². The molecule has 1 rings (SSSR count). The van der Waals surface area contributed by atoms with Gasteiger partial charge < -0.3 is 4.90 Å². The van der Waals surface area contributed by atoms with E-state index in [1.165, 1.54) is 31.4 Å². The number of nitrogens with zero attached hydrogens (tertiary/aromatic N) is 1. The maximum atomic E-state index is 4.06. The summed E-state index contributed by atoms with van der Waals surface area (Å²) in [5.74, 6) is 0.787. The van der Waals surface area contributed by atoms with Crippen LogP contribution in [0.25, 0.3) is 0 Å². The lowest BCUT2D eigenvalue weighted by molar-refractivity contribution is 0.354. The number of hydrogen-bond acceptors (Lipinski definition) is 1. The summed E-state index contributed by atoms with van der Waals surface area (Å²) in [7, 11) is 4.26. The summed E-state index contributed by atoms with van der Waals surface area (Å²) in [6, 6.07) is 0. The Balaban J connectivity index is 2.33. The molecule has 1 atom stereocenters. The third-order valence-electron chi connectivity index (χ3n) is 2.21. The summed E-state index contributed by atoms with van der Waals surface area (Å²) in [4.78, 5) is 2.25. The first-order valence-electron chi connectivity index (χ1n) is 4.02. The van der Waals surface area contributed by atoms with E-state index in [9.17, 15) is 0 Å². The van der Waals surface area contributed by atoms with Gasteiger partial charge >= 0.3 is 0 Å². The summed E-state index contributed by atoms with van der Waals surface area (Å²) in [5.41, 5.74) is 1.47. The molecule has 0 aliphatic heterocycles. The number of hydrogen-bond donors (Lipinski definition) is 0. The van der Waals surface area contributed by atoms with Crippen molar-refractivity contribution in [3.63, 3.8) is 0 Å². The molecule has 1 heteroatoms. The Kier molecular flexibility index (Phi) is 2.50. The molecule has 0 amide bonds. The highest BCUT2D eigenvalue weighted by Gasteiger charge is 2.18. The van der Waals surface area contributed by atoms with Crippen LogP contribution in [0.5, 0.6) is 0 Å². The van der Waals surface area contributed by atoms with E-state index < -0.39 is 0 Å². The van der Waals surface area contributed by atoms with Gasteiger partial charge in [-0.15, -0.1) is 0 Å². The van der Waals surface area contributed by atoms with Crippen molar-refractivity contribution in [1.82, 2.24) is 4.90 Å². The minimum atomic E-state index is 0.787. The molecule has 1 saturated carbocycles. The predicted octanol–water partition coefficient (Wildman–Crippen LogP) is 1.90. The molecule has 1 unspecified atom stereocenters. The van der Waals surface area contributed by atoms with Gasteiger partial charge in [0.25, 0.3) is 0 Å². The average molecular weight is 139 g/mol. The molecule has 0 N–H and O–H groups in total. The monoisotopic (exact) mass is 139 g/mol. The van der Waals surface area contributed by atoms with Gasteiger partial charge in [0, 0.05) is 6.54 Å². The normalized spacial score (nSPS) is 26.3. The second-order valence-electron chi connectivity index (χ2n) is 3.51. The van der Waals surface area contributed by atoms with Crippen LogP contribution in [0.2, 0.25) is 0 Å². The molecule has 0 saturated heterocycles. The zero-order valence-electron chi connectivity index (χ0n) is 7.06. The second kappa shape index (κ2) is 3.20. The van der Waals surface area contributed by atoms with E-state index in [1.54, 1.807) is 0 Å². The zero-order chi connectivity index (χ0) is 7.56. The Morgan fingerprint density at radius 3 is 2.70 bits per heavy atom. The SMILES string of the molecule is C=C1CCCC1CN(C)C. The molecule has 0 aromatic carbocycles. The first-order chi connectivity index (χ1) is 4.70. The second-order valence-corrected chi connectivity index (χ2v) is 3.51. The summed E-state index contributed by atoms with van der Waals surface area (Å²) in [5, 5.41) is 0. The fourth-order valence-corrected chi connectivity index (χ4v) is 1.64. The minimum absolute atomic E-state index is 0.787. The Labute approximate surface area is 63.7 Å². The molecule has 0 aromatic rings. The van der Waals surface area contributed by atoms with E-state index in [4.69, 9.17) is 0 Å². The summed E-state index contributed by atoms with van der Waals surface area (Å²) < 4.78 is 0. The van der Waals surface area contributed by atoms with Gasteiger partial charge in [0.15, 0.2) is 0 Å². The van der Waals surface area contributed by atoms with Crippen LogP contribution in [0.3, 0.4) is 0 Å². The van der Waals surface area contributed by atoms with Gasteiger partial charge in [0.2, 0.25) is 0 Å². The molecule has 1 aliphatic carbocycles. The van der Waals surface area contributed by atoms with E-state index in [1.807, 2.05) is 0 Å². The summed E-state index contributed by atoms with van der Waals surface area (Å²) >= 11 is 0. The summed E-state index contributed by atoms with van der Waals surface area (Å²) in [6.45, 7) is 5.26. The molecule has 1 fully saturated rings. The first kappa shape index (κ1) is 7.80.